The molecule has 0 spiro atoms. The molecular weight excluding hydrogens is 1130 g/mol. The first-order valence-electron chi connectivity index (χ1n) is 32.7. The molecule has 20 rings (SSSR count). The maximum Gasteiger partial charge on any atom is -0.00261 e. The molecule has 0 bridgehead atoms. The molecular formula is C94H58. The van der Waals surface area contributed by atoms with Crippen LogP contribution in [0.25, 0.3) is 196 Å². The van der Waals surface area contributed by atoms with Crippen molar-refractivity contribution in [3.63, 3.8) is 0 Å². The molecule has 0 N–H and O–H groups in total. The fourth-order valence-electron chi connectivity index (χ4n) is 16.1. The molecule has 20 aromatic rings. The van der Waals surface area contributed by atoms with E-state index in [1.165, 1.54) is 196 Å². The monoisotopic (exact) mass is 1190 g/mol. The molecule has 0 aliphatic rings. The summed E-state index contributed by atoms with van der Waals surface area (Å²) in [4.78, 5) is 0. The Bertz CT molecular complexity index is 6070. The predicted molar refractivity (Wildman–Crippen MR) is 408 cm³/mol. The molecule has 0 fully saturated rings. The van der Waals surface area contributed by atoms with Crippen LogP contribution in [0.3, 0.4) is 0 Å². The molecule has 0 aliphatic carbocycles. The highest BCUT2D eigenvalue weighted by atomic mass is 14.2. The molecule has 0 saturated carbocycles. The van der Waals surface area contributed by atoms with Crippen molar-refractivity contribution in [3.8, 4) is 55.6 Å². The van der Waals surface area contributed by atoms with Crippen molar-refractivity contribution in [1.82, 2.24) is 0 Å². The van der Waals surface area contributed by atoms with Gasteiger partial charge in [-0.05, 0) is 214 Å². The second kappa shape index (κ2) is 21.7. The molecule has 0 unspecified atom stereocenters. The van der Waals surface area contributed by atoms with Crippen molar-refractivity contribution >= 4 is 140 Å². The Balaban J connectivity index is 0.000000135. The van der Waals surface area contributed by atoms with E-state index in [4.69, 9.17) is 0 Å². The Morgan fingerprint density at radius 2 is 0.245 bits per heavy atom. The van der Waals surface area contributed by atoms with Crippen molar-refractivity contribution in [1.29, 1.82) is 0 Å². The third-order valence-electron chi connectivity index (χ3n) is 20.2. The van der Waals surface area contributed by atoms with E-state index in [-0.39, 0.29) is 0 Å². The fourth-order valence-corrected chi connectivity index (χ4v) is 16.1. The van der Waals surface area contributed by atoms with Gasteiger partial charge >= 0.3 is 0 Å². The summed E-state index contributed by atoms with van der Waals surface area (Å²) >= 11 is 0. The molecule has 0 nitrogen and oxygen atoms in total. The smallest absolute Gasteiger partial charge is 0.00261 e. The van der Waals surface area contributed by atoms with Crippen molar-refractivity contribution in [2.75, 3.05) is 0 Å². The van der Waals surface area contributed by atoms with E-state index in [0.717, 1.165) is 0 Å². The lowest BCUT2D eigenvalue weighted by Gasteiger charge is -2.19. The summed E-state index contributed by atoms with van der Waals surface area (Å²) < 4.78 is 0. The van der Waals surface area contributed by atoms with Crippen molar-refractivity contribution in [3.05, 3.63) is 352 Å². The van der Waals surface area contributed by atoms with Gasteiger partial charge in [-0.3, -0.25) is 0 Å². The summed E-state index contributed by atoms with van der Waals surface area (Å²) in [6.07, 6.45) is 0. The van der Waals surface area contributed by atoms with Crippen LogP contribution in [0, 0.1) is 0 Å². The lowest BCUT2D eigenvalue weighted by atomic mass is 9.84. The standard InChI is InChI=1S/C50H30.C44H28/c1-3-17-37-33(13-1)35-15-5-7-19-39(35)47-29-31(25-27-41(37)47)49-43-21-9-11-23-45(43)50(46-24-12-10-22-44(46)49)32-26-28-42-38-18-4-2-14-34(38)36-16-6-8-20-40(36)48(42)30-32;1-2-12-30(13-3-1)43-38-18-8-10-20-40(38)44(41-21-11-9-19-39(41)43)31-24-22-29(23-25-31)32-26-27-37-35-16-5-4-14-33(35)34-15-6-7-17-36(34)42(37)28-32/h1-30H;1-28H. The van der Waals surface area contributed by atoms with E-state index in [1.54, 1.807) is 0 Å². The van der Waals surface area contributed by atoms with Gasteiger partial charge in [0.15, 0.2) is 0 Å². The van der Waals surface area contributed by atoms with Crippen LogP contribution in [-0.4, -0.2) is 0 Å². The summed E-state index contributed by atoms with van der Waals surface area (Å²) in [7, 11) is 0. The maximum atomic E-state index is 2.44. The number of rotatable bonds is 5. The van der Waals surface area contributed by atoms with Crippen LogP contribution in [0.5, 0.6) is 0 Å². The highest BCUT2D eigenvalue weighted by Crippen LogP contribution is 2.49. The van der Waals surface area contributed by atoms with Gasteiger partial charge in [0.2, 0.25) is 0 Å². The largest absolute Gasteiger partial charge is 0.0622 e. The molecule has 0 saturated heterocycles. The summed E-state index contributed by atoms with van der Waals surface area (Å²) in [5, 5.41) is 33.6. The molecule has 20 aromatic carbocycles. The van der Waals surface area contributed by atoms with E-state index in [1.807, 2.05) is 0 Å². The Kier molecular flexibility index (Phi) is 12.4. The molecule has 0 heteroatoms. The first kappa shape index (κ1) is 53.6. The zero-order valence-corrected chi connectivity index (χ0v) is 51.5. The normalized spacial score (nSPS) is 11.8. The number of benzene rings is 20. The van der Waals surface area contributed by atoms with E-state index in [0.29, 0.717) is 0 Å². The molecule has 0 amide bonds. The highest BCUT2D eigenvalue weighted by molar-refractivity contribution is 6.31. The van der Waals surface area contributed by atoms with Crippen LogP contribution in [0.15, 0.2) is 352 Å². The quantitative estimate of drug-likeness (QED) is 0.119. The second-order valence-electron chi connectivity index (χ2n) is 25.2. The van der Waals surface area contributed by atoms with Crippen LogP contribution in [-0.2, 0) is 0 Å². The third kappa shape index (κ3) is 8.40. The Morgan fingerprint density at radius 1 is 0.0851 bits per heavy atom. The van der Waals surface area contributed by atoms with E-state index >= 15 is 0 Å². The minimum absolute atomic E-state index is 1.22. The topological polar surface area (TPSA) is 0 Å². The van der Waals surface area contributed by atoms with E-state index < -0.39 is 0 Å². The van der Waals surface area contributed by atoms with Crippen molar-refractivity contribution < 1.29 is 0 Å². The van der Waals surface area contributed by atoms with Gasteiger partial charge in [0.1, 0.15) is 0 Å². The average Bonchev–Trinajstić information content (AvgIpc) is 0.755. The maximum absolute atomic E-state index is 2.44. The number of hydrogen-bond donors (Lipinski definition) is 0. The summed E-state index contributed by atoms with van der Waals surface area (Å²) in [6, 6.07) is 130. The Morgan fingerprint density at radius 3 is 0.511 bits per heavy atom. The molecule has 94 heavy (non-hydrogen) atoms. The van der Waals surface area contributed by atoms with Crippen molar-refractivity contribution in [2.45, 2.75) is 0 Å². The molecule has 0 aromatic heterocycles. The van der Waals surface area contributed by atoms with Gasteiger partial charge in [-0.1, -0.05) is 334 Å². The van der Waals surface area contributed by atoms with Gasteiger partial charge in [0, 0.05) is 0 Å². The van der Waals surface area contributed by atoms with Crippen LogP contribution >= 0.6 is 0 Å². The van der Waals surface area contributed by atoms with Gasteiger partial charge in [0.05, 0.1) is 0 Å². The van der Waals surface area contributed by atoms with E-state index in [2.05, 4.69) is 352 Å². The summed E-state index contributed by atoms with van der Waals surface area (Å²) in [5.41, 5.74) is 12.6. The molecule has 434 valence electrons. The van der Waals surface area contributed by atoms with Crippen LogP contribution in [0.1, 0.15) is 0 Å². The highest BCUT2D eigenvalue weighted by Gasteiger charge is 2.21. The van der Waals surface area contributed by atoms with Crippen LogP contribution in [0.2, 0.25) is 0 Å². The van der Waals surface area contributed by atoms with Gasteiger partial charge in [0.25, 0.3) is 0 Å². The third-order valence-corrected chi connectivity index (χ3v) is 20.2. The van der Waals surface area contributed by atoms with Gasteiger partial charge < -0.3 is 0 Å². The average molecular weight is 1190 g/mol. The summed E-state index contributed by atoms with van der Waals surface area (Å²) in [5.74, 6) is 0. The van der Waals surface area contributed by atoms with Crippen LogP contribution < -0.4 is 0 Å². The second-order valence-corrected chi connectivity index (χ2v) is 25.2. The minimum atomic E-state index is 1.22. The predicted octanol–water partition coefficient (Wildman–Crippen LogP) is 26.7. The molecule has 0 heterocycles. The van der Waals surface area contributed by atoms with Gasteiger partial charge in [-0.15, -0.1) is 0 Å². The zero-order valence-electron chi connectivity index (χ0n) is 51.5. The molecule has 0 aliphatic heterocycles. The Labute approximate surface area is 544 Å². The number of hydrogen-bond acceptors (Lipinski definition) is 0. The Hall–Kier alpha value is -12.2. The first-order valence-corrected chi connectivity index (χ1v) is 32.7. The first-order chi connectivity index (χ1) is 46.7. The zero-order chi connectivity index (χ0) is 61.8. The van der Waals surface area contributed by atoms with E-state index in [9.17, 15) is 0 Å². The lowest BCUT2D eigenvalue weighted by molar-refractivity contribution is 1.63. The SMILES string of the molecule is c1ccc(-c2c3ccccc3c(-c3ccc(-c4ccc5c6ccccc6c6ccccc6c5c4)cc3)c3ccccc23)cc1.c1ccc2c(-c3ccc4c5ccccc5c5ccccc5c4c3)c3ccccc3c(-c3ccc4c5ccccc5c5ccccc5c4c3)c2c1. The minimum Gasteiger partial charge on any atom is -0.0622 e. The number of fused-ring (bicyclic) bond motifs is 22. The molecule has 0 radical (unpaired) electrons. The van der Waals surface area contributed by atoms with Crippen LogP contribution in [0.4, 0.5) is 0 Å². The molecule has 0 atom stereocenters. The fraction of sp³-hybridized carbons (Fsp3) is 0. The van der Waals surface area contributed by atoms with Gasteiger partial charge in [-0.2, -0.15) is 0 Å². The van der Waals surface area contributed by atoms with Gasteiger partial charge in [-0.25, -0.2) is 0 Å². The lowest BCUT2D eigenvalue weighted by Crippen LogP contribution is -1.92. The summed E-state index contributed by atoms with van der Waals surface area (Å²) in [6.45, 7) is 0. The van der Waals surface area contributed by atoms with Crippen molar-refractivity contribution in [2.24, 2.45) is 0 Å².